The molecule has 0 aliphatic carbocycles. The van der Waals surface area contributed by atoms with Crippen LogP contribution in [-0.4, -0.2) is 26.4 Å². The molecule has 4 rings (SSSR count). The summed E-state index contributed by atoms with van der Waals surface area (Å²) in [6.45, 7) is 1.36. The van der Waals surface area contributed by atoms with E-state index in [1.54, 1.807) is 24.5 Å². The zero-order valence-corrected chi connectivity index (χ0v) is 14.9. The number of aromatic nitrogens is 3. The first-order valence-corrected chi connectivity index (χ1v) is 9.20. The zero-order chi connectivity index (χ0) is 18.6. The highest BCUT2D eigenvalue weighted by atomic mass is 19.1. The minimum absolute atomic E-state index is 0.00363. The Kier molecular flexibility index (Phi) is 5.07. The van der Waals surface area contributed by atoms with Crippen molar-refractivity contribution >= 4 is 0 Å². The first-order valence-electron chi connectivity index (χ1n) is 9.20. The molecule has 27 heavy (non-hydrogen) atoms. The largest absolute Gasteiger partial charge is 0.306 e. The van der Waals surface area contributed by atoms with E-state index in [-0.39, 0.29) is 17.4 Å². The monoisotopic (exact) mass is 364 g/mol. The number of benzene rings is 1. The molecule has 1 saturated heterocycles. The Labute approximate surface area is 156 Å². The molecule has 0 bridgehead atoms. The number of piperidine rings is 1. The van der Waals surface area contributed by atoms with Crippen molar-refractivity contribution in [3.8, 4) is 11.4 Å². The van der Waals surface area contributed by atoms with Gasteiger partial charge in [-0.3, -0.25) is 14.7 Å². The molecule has 5 nitrogen and oxygen atoms in total. The van der Waals surface area contributed by atoms with Crippen LogP contribution in [0.1, 0.15) is 36.6 Å². The van der Waals surface area contributed by atoms with Gasteiger partial charge in [-0.1, -0.05) is 24.6 Å². The second-order valence-corrected chi connectivity index (χ2v) is 6.83. The maximum absolute atomic E-state index is 14.1. The van der Waals surface area contributed by atoms with Gasteiger partial charge in [0.15, 0.2) is 0 Å². The summed E-state index contributed by atoms with van der Waals surface area (Å²) in [7, 11) is 0. The lowest BCUT2D eigenvalue weighted by Crippen LogP contribution is -2.34. The number of nitrogens with zero attached hydrogens (tertiary/aromatic N) is 3. The van der Waals surface area contributed by atoms with Crippen LogP contribution in [0.3, 0.4) is 0 Å². The molecular weight excluding hydrogens is 343 g/mol. The van der Waals surface area contributed by atoms with Gasteiger partial charge in [0.25, 0.3) is 5.56 Å². The number of hydrogen-bond donors (Lipinski definition) is 1. The number of rotatable bonds is 4. The van der Waals surface area contributed by atoms with Crippen LogP contribution in [0.4, 0.5) is 4.39 Å². The smallest absolute Gasteiger partial charge is 0.251 e. The highest BCUT2D eigenvalue weighted by molar-refractivity contribution is 5.52. The third-order valence-electron chi connectivity index (χ3n) is 4.98. The Morgan fingerprint density at radius 2 is 2.07 bits per heavy atom. The molecule has 1 fully saturated rings. The van der Waals surface area contributed by atoms with E-state index in [4.69, 9.17) is 4.98 Å². The SMILES string of the molecule is O=c1cc([C@@H]2CCCCN2Cc2ccccc2F)nc(-c2cccnc2)[nH]1. The summed E-state index contributed by atoms with van der Waals surface area (Å²) in [5, 5.41) is 0. The first kappa shape index (κ1) is 17.5. The summed E-state index contributed by atoms with van der Waals surface area (Å²) in [5.41, 5.74) is 1.98. The summed E-state index contributed by atoms with van der Waals surface area (Å²) in [6, 6.07) is 12.1. The third kappa shape index (κ3) is 3.95. The molecule has 1 aromatic carbocycles. The normalized spacial score (nSPS) is 17.7. The summed E-state index contributed by atoms with van der Waals surface area (Å²) in [5.74, 6) is 0.318. The van der Waals surface area contributed by atoms with E-state index in [1.807, 2.05) is 24.3 Å². The van der Waals surface area contributed by atoms with Crippen molar-refractivity contribution in [1.29, 1.82) is 0 Å². The minimum atomic E-state index is -0.197. The van der Waals surface area contributed by atoms with Crippen LogP contribution in [0, 0.1) is 5.82 Å². The van der Waals surface area contributed by atoms with E-state index in [9.17, 15) is 9.18 Å². The van der Waals surface area contributed by atoms with E-state index in [0.29, 0.717) is 17.9 Å². The molecule has 1 aliphatic rings. The van der Waals surface area contributed by atoms with Gasteiger partial charge in [0.2, 0.25) is 0 Å². The lowest BCUT2D eigenvalue weighted by molar-refractivity contribution is 0.135. The molecule has 0 amide bonds. The number of aromatic amines is 1. The van der Waals surface area contributed by atoms with Crippen LogP contribution in [0.5, 0.6) is 0 Å². The van der Waals surface area contributed by atoms with Crippen molar-refractivity contribution in [2.24, 2.45) is 0 Å². The summed E-state index contributed by atoms with van der Waals surface area (Å²) in [6.07, 6.45) is 6.39. The lowest BCUT2D eigenvalue weighted by atomic mass is 9.98. The molecule has 0 unspecified atom stereocenters. The highest BCUT2D eigenvalue weighted by Crippen LogP contribution is 2.31. The zero-order valence-electron chi connectivity index (χ0n) is 14.9. The van der Waals surface area contributed by atoms with Crippen molar-refractivity contribution in [3.63, 3.8) is 0 Å². The molecule has 138 valence electrons. The molecule has 1 atom stereocenters. The van der Waals surface area contributed by atoms with Gasteiger partial charge >= 0.3 is 0 Å². The average molecular weight is 364 g/mol. The number of likely N-dealkylation sites (tertiary alicyclic amines) is 1. The predicted octanol–water partition coefficient (Wildman–Crippen LogP) is 3.70. The van der Waals surface area contributed by atoms with Crippen molar-refractivity contribution in [2.45, 2.75) is 31.8 Å². The van der Waals surface area contributed by atoms with Gasteiger partial charge in [0.05, 0.1) is 11.7 Å². The van der Waals surface area contributed by atoms with Crippen LogP contribution < -0.4 is 5.56 Å². The van der Waals surface area contributed by atoms with Gasteiger partial charge in [0.1, 0.15) is 11.6 Å². The number of hydrogen-bond acceptors (Lipinski definition) is 4. The topological polar surface area (TPSA) is 61.9 Å². The first-order chi connectivity index (χ1) is 13.2. The average Bonchev–Trinajstić information content (AvgIpc) is 2.70. The molecule has 0 radical (unpaired) electrons. The Morgan fingerprint density at radius 3 is 2.89 bits per heavy atom. The number of nitrogens with one attached hydrogen (secondary N) is 1. The predicted molar refractivity (Wildman–Crippen MR) is 101 cm³/mol. The summed E-state index contributed by atoms with van der Waals surface area (Å²) < 4.78 is 14.1. The third-order valence-corrected chi connectivity index (χ3v) is 4.98. The molecule has 6 heteroatoms. The Hall–Kier alpha value is -2.86. The fourth-order valence-corrected chi connectivity index (χ4v) is 3.65. The van der Waals surface area contributed by atoms with Crippen molar-refractivity contribution < 1.29 is 4.39 Å². The van der Waals surface area contributed by atoms with Crippen LogP contribution in [-0.2, 0) is 6.54 Å². The minimum Gasteiger partial charge on any atom is -0.306 e. The fraction of sp³-hybridized carbons (Fsp3) is 0.286. The van der Waals surface area contributed by atoms with Gasteiger partial charge in [-0.05, 0) is 37.6 Å². The van der Waals surface area contributed by atoms with Gasteiger partial charge in [-0.2, -0.15) is 0 Å². The molecule has 1 N–H and O–H groups in total. The fourth-order valence-electron chi connectivity index (χ4n) is 3.65. The van der Waals surface area contributed by atoms with E-state index >= 15 is 0 Å². The van der Waals surface area contributed by atoms with Gasteiger partial charge < -0.3 is 4.98 Å². The molecule has 3 aromatic rings. The van der Waals surface area contributed by atoms with Crippen LogP contribution in [0.15, 0.2) is 59.7 Å². The molecule has 0 spiro atoms. The van der Waals surface area contributed by atoms with E-state index in [2.05, 4.69) is 14.9 Å². The van der Waals surface area contributed by atoms with Crippen LogP contribution in [0.25, 0.3) is 11.4 Å². The quantitative estimate of drug-likeness (QED) is 0.767. The van der Waals surface area contributed by atoms with Crippen molar-refractivity contribution in [1.82, 2.24) is 19.9 Å². The van der Waals surface area contributed by atoms with Crippen molar-refractivity contribution in [3.05, 3.63) is 82.3 Å². The number of H-pyrrole nitrogens is 1. The summed E-state index contributed by atoms with van der Waals surface area (Å²) in [4.78, 5) is 26.1. The van der Waals surface area contributed by atoms with Crippen molar-refractivity contribution in [2.75, 3.05) is 6.54 Å². The van der Waals surface area contributed by atoms with E-state index in [1.165, 1.54) is 6.07 Å². The van der Waals surface area contributed by atoms with Gasteiger partial charge in [-0.25, -0.2) is 9.37 Å². The lowest BCUT2D eigenvalue weighted by Gasteiger charge is -2.35. The molecule has 0 saturated carbocycles. The second-order valence-electron chi connectivity index (χ2n) is 6.83. The number of halogens is 1. The standard InChI is InChI=1S/C21H21FN4O/c22-17-8-2-1-6-16(17)14-26-11-4-3-9-19(26)18-12-20(27)25-21(24-18)15-7-5-10-23-13-15/h1-2,5-8,10,12-13,19H,3-4,9,11,14H2,(H,24,25,27)/t19-/m0/s1. The molecular formula is C21H21FN4O. The van der Waals surface area contributed by atoms with E-state index in [0.717, 1.165) is 37.1 Å². The Bertz CT molecular complexity index is 973. The highest BCUT2D eigenvalue weighted by Gasteiger charge is 2.26. The molecule has 2 aromatic heterocycles. The number of pyridine rings is 1. The Morgan fingerprint density at radius 1 is 1.19 bits per heavy atom. The maximum atomic E-state index is 14.1. The van der Waals surface area contributed by atoms with Gasteiger partial charge in [0, 0.05) is 36.1 Å². The van der Waals surface area contributed by atoms with Gasteiger partial charge in [-0.15, -0.1) is 0 Å². The summed E-state index contributed by atoms with van der Waals surface area (Å²) >= 11 is 0. The van der Waals surface area contributed by atoms with Crippen LogP contribution in [0.2, 0.25) is 0 Å². The van der Waals surface area contributed by atoms with E-state index < -0.39 is 0 Å². The second kappa shape index (κ2) is 7.80. The maximum Gasteiger partial charge on any atom is 0.251 e. The Balaban J connectivity index is 1.67. The van der Waals surface area contributed by atoms with Crippen LogP contribution >= 0.6 is 0 Å². The molecule has 3 heterocycles. The molecule has 1 aliphatic heterocycles.